The number of rotatable bonds is 5. The molecule has 1 rings (SSSR count). The van der Waals surface area contributed by atoms with E-state index in [1.807, 2.05) is 6.92 Å². The van der Waals surface area contributed by atoms with E-state index in [4.69, 9.17) is 10.7 Å². The van der Waals surface area contributed by atoms with Gasteiger partial charge in [-0.1, -0.05) is 13.3 Å². The molecule has 106 valence electrons. The number of carbonyl (C=O) groups excluding carboxylic acids is 1. The summed E-state index contributed by atoms with van der Waals surface area (Å²) in [6.07, 6.45) is 1.87. The van der Waals surface area contributed by atoms with Crippen LogP contribution in [0.5, 0.6) is 0 Å². The second kappa shape index (κ2) is 6.39. The number of hydrogen-bond donors (Lipinski definition) is 1. The van der Waals surface area contributed by atoms with Crippen molar-refractivity contribution in [1.82, 2.24) is 5.32 Å². The Labute approximate surface area is 118 Å². The molecular weight excluding hydrogens is 286 g/mol. The number of unbranched alkanes of at least 4 members (excludes halogenated alkanes) is 1. The fraction of sp³-hybridized carbons (Fsp3) is 0.462. The van der Waals surface area contributed by atoms with Gasteiger partial charge in [-0.25, -0.2) is 8.42 Å². The van der Waals surface area contributed by atoms with Crippen LogP contribution < -0.4 is 5.32 Å². The van der Waals surface area contributed by atoms with E-state index in [1.54, 1.807) is 13.8 Å². The fourth-order valence-corrected chi connectivity index (χ4v) is 2.52. The lowest BCUT2D eigenvalue weighted by Crippen LogP contribution is -2.25. The summed E-state index contributed by atoms with van der Waals surface area (Å²) >= 11 is 0. The molecule has 0 aromatic heterocycles. The van der Waals surface area contributed by atoms with Crippen LogP contribution in [0.1, 0.15) is 41.3 Å². The average Bonchev–Trinajstić information content (AvgIpc) is 2.31. The molecule has 0 unspecified atom stereocenters. The summed E-state index contributed by atoms with van der Waals surface area (Å²) in [7, 11) is 1.50. The zero-order chi connectivity index (χ0) is 14.6. The maximum atomic E-state index is 12.0. The number of aryl methyl sites for hydroxylation is 1. The van der Waals surface area contributed by atoms with E-state index in [9.17, 15) is 13.2 Å². The zero-order valence-corrected chi connectivity index (χ0v) is 12.9. The molecule has 1 N–H and O–H groups in total. The fourth-order valence-electron chi connectivity index (χ4n) is 1.68. The van der Waals surface area contributed by atoms with Gasteiger partial charge in [0.2, 0.25) is 0 Å². The minimum absolute atomic E-state index is 0.0436. The first-order valence-electron chi connectivity index (χ1n) is 6.11. The lowest BCUT2D eigenvalue weighted by molar-refractivity contribution is 0.0952. The van der Waals surface area contributed by atoms with Gasteiger partial charge < -0.3 is 5.32 Å². The third-order valence-corrected chi connectivity index (χ3v) is 4.32. The van der Waals surface area contributed by atoms with Crippen LogP contribution in [0.15, 0.2) is 17.0 Å². The molecular formula is C13H18ClNO3S. The van der Waals surface area contributed by atoms with Crippen molar-refractivity contribution in [3.8, 4) is 0 Å². The highest BCUT2D eigenvalue weighted by molar-refractivity contribution is 8.13. The van der Waals surface area contributed by atoms with Gasteiger partial charge in [-0.3, -0.25) is 4.79 Å². The first kappa shape index (κ1) is 16.0. The van der Waals surface area contributed by atoms with Crippen LogP contribution in [0, 0.1) is 13.8 Å². The molecule has 0 fully saturated rings. The lowest BCUT2D eigenvalue weighted by Gasteiger charge is -2.11. The summed E-state index contributed by atoms with van der Waals surface area (Å²) in [6, 6.07) is 2.80. The highest BCUT2D eigenvalue weighted by Crippen LogP contribution is 2.22. The van der Waals surface area contributed by atoms with Crippen LogP contribution in [0.2, 0.25) is 0 Å². The van der Waals surface area contributed by atoms with Crippen LogP contribution in [0.25, 0.3) is 0 Å². The highest BCUT2D eigenvalue weighted by atomic mass is 35.7. The van der Waals surface area contributed by atoms with Gasteiger partial charge in [-0.15, -0.1) is 0 Å². The summed E-state index contributed by atoms with van der Waals surface area (Å²) in [5, 5.41) is 2.77. The molecule has 19 heavy (non-hydrogen) atoms. The van der Waals surface area contributed by atoms with Gasteiger partial charge in [0.25, 0.3) is 15.0 Å². The predicted octanol–water partition coefficient (Wildman–Crippen LogP) is 2.76. The summed E-state index contributed by atoms with van der Waals surface area (Å²) in [5.41, 5.74) is 1.84. The Hall–Kier alpha value is -1.07. The van der Waals surface area contributed by atoms with Crippen molar-refractivity contribution in [2.24, 2.45) is 0 Å². The molecule has 0 aliphatic heterocycles. The van der Waals surface area contributed by atoms with Gasteiger partial charge >= 0.3 is 0 Å². The van der Waals surface area contributed by atoms with Crippen LogP contribution >= 0.6 is 10.7 Å². The van der Waals surface area contributed by atoms with Crippen molar-refractivity contribution >= 4 is 25.6 Å². The van der Waals surface area contributed by atoms with E-state index in [0.29, 0.717) is 12.1 Å². The summed E-state index contributed by atoms with van der Waals surface area (Å²) in [6.45, 7) is 6.15. The summed E-state index contributed by atoms with van der Waals surface area (Å²) in [4.78, 5) is 12.0. The van der Waals surface area contributed by atoms with Crippen molar-refractivity contribution in [1.29, 1.82) is 0 Å². The molecule has 0 aliphatic rings. The molecule has 1 amide bonds. The minimum Gasteiger partial charge on any atom is -0.352 e. The molecule has 0 aliphatic carbocycles. The molecule has 1 aromatic rings. The van der Waals surface area contributed by atoms with E-state index in [-0.39, 0.29) is 10.8 Å². The number of halogens is 1. The molecule has 0 spiro atoms. The SMILES string of the molecule is CCCCNC(=O)c1cc(S(=O)(=O)Cl)cc(C)c1C. The number of amides is 1. The van der Waals surface area contributed by atoms with Gasteiger partial charge in [0, 0.05) is 22.8 Å². The van der Waals surface area contributed by atoms with Crippen molar-refractivity contribution in [3.63, 3.8) is 0 Å². The number of hydrogen-bond acceptors (Lipinski definition) is 3. The van der Waals surface area contributed by atoms with Gasteiger partial charge in [-0.2, -0.15) is 0 Å². The monoisotopic (exact) mass is 303 g/mol. The van der Waals surface area contributed by atoms with Crippen LogP contribution in [-0.2, 0) is 9.05 Å². The number of carbonyl (C=O) groups is 1. The summed E-state index contributed by atoms with van der Waals surface area (Å²) < 4.78 is 22.7. The van der Waals surface area contributed by atoms with E-state index < -0.39 is 9.05 Å². The average molecular weight is 304 g/mol. The minimum atomic E-state index is -3.83. The summed E-state index contributed by atoms with van der Waals surface area (Å²) in [5.74, 6) is -0.267. The van der Waals surface area contributed by atoms with Crippen molar-refractivity contribution in [2.75, 3.05) is 6.54 Å². The Kier molecular flexibility index (Phi) is 5.38. The third kappa shape index (κ3) is 4.21. The van der Waals surface area contributed by atoms with Crippen molar-refractivity contribution < 1.29 is 13.2 Å². The molecule has 0 atom stereocenters. The Morgan fingerprint density at radius 2 is 1.95 bits per heavy atom. The Bertz CT molecular complexity index is 582. The molecule has 4 nitrogen and oxygen atoms in total. The zero-order valence-electron chi connectivity index (χ0n) is 11.3. The second-order valence-corrected chi connectivity index (χ2v) is 7.03. The van der Waals surface area contributed by atoms with Gasteiger partial charge in [0.1, 0.15) is 0 Å². The van der Waals surface area contributed by atoms with Crippen LogP contribution in [0.4, 0.5) is 0 Å². The maximum absolute atomic E-state index is 12.0. The first-order valence-corrected chi connectivity index (χ1v) is 8.42. The topological polar surface area (TPSA) is 63.2 Å². The molecule has 6 heteroatoms. The first-order chi connectivity index (χ1) is 8.77. The Balaban J connectivity index is 3.13. The van der Waals surface area contributed by atoms with Gasteiger partial charge in [0.15, 0.2) is 0 Å². The maximum Gasteiger partial charge on any atom is 0.261 e. The number of nitrogens with one attached hydrogen (secondary N) is 1. The van der Waals surface area contributed by atoms with E-state index in [1.165, 1.54) is 12.1 Å². The lowest BCUT2D eigenvalue weighted by atomic mass is 10.0. The standard InChI is InChI=1S/C13H18ClNO3S/c1-4-5-6-15-13(16)12-8-11(19(14,17)18)7-9(2)10(12)3/h7-8H,4-6H2,1-3H3,(H,15,16). The molecule has 0 saturated heterocycles. The molecule has 0 radical (unpaired) electrons. The molecule has 0 saturated carbocycles. The largest absolute Gasteiger partial charge is 0.352 e. The van der Waals surface area contributed by atoms with Crippen molar-refractivity contribution in [3.05, 3.63) is 28.8 Å². The molecule has 0 heterocycles. The van der Waals surface area contributed by atoms with Gasteiger partial charge in [0.05, 0.1) is 4.90 Å². The van der Waals surface area contributed by atoms with Crippen LogP contribution in [-0.4, -0.2) is 20.9 Å². The highest BCUT2D eigenvalue weighted by Gasteiger charge is 2.17. The normalized spacial score (nSPS) is 11.4. The van der Waals surface area contributed by atoms with Crippen molar-refractivity contribution in [2.45, 2.75) is 38.5 Å². The quantitative estimate of drug-likeness (QED) is 0.672. The Morgan fingerprint density at radius 1 is 1.32 bits per heavy atom. The predicted molar refractivity (Wildman–Crippen MR) is 76.2 cm³/mol. The Morgan fingerprint density at radius 3 is 2.47 bits per heavy atom. The molecule has 1 aromatic carbocycles. The second-order valence-electron chi connectivity index (χ2n) is 4.46. The van der Waals surface area contributed by atoms with Gasteiger partial charge in [-0.05, 0) is 43.5 Å². The molecule has 0 bridgehead atoms. The van der Waals surface area contributed by atoms with E-state index >= 15 is 0 Å². The van der Waals surface area contributed by atoms with E-state index in [2.05, 4.69) is 5.32 Å². The van der Waals surface area contributed by atoms with E-state index in [0.717, 1.165) is 24.0 Å². The smallest absolute Gasteiger partial charge is 0.261 e. The third-order valence-electron chi connectivity index (χ3n) is 2.98. The van der Waals surface area contributed by atoms with Crippen LogP contribution in [0.3, 0.4) is 0 Å². The number of benzene rings is 1.